The predicted octanol–water partition coefficient (Wildman–Crippen LogP) is 9.82. The average Bonchev–Trinajstić information content (AvgIpc) is 0.851. The summed E-state index contributed by atoms with van der Waals surface area (Å²) in [5, 5.41) is 49.3. The van der Waals surface area contributed by atoms with Crippen LogP contribution in [-0.4, -0.2) is 295 Å². The number of nitrogens with two attached hydrogens (primary N) is 3. The molecule has 5 heterocycles. The summed E-state index contributed by atoms with van der Waals surface area (Å²) in [5.74, 6) is 6.20. The molecule has 5 aliphatic heterocycles. The van der Waals surface area contributed by atoms with Crippen molar-refractivity contribution in [1.29, 1.82) is 15.8 Å². The summed E-state index contributed by atoms with van der Waals surface area (Å²) in [5.41, 5.74) is 24.8. The zero-order valence-corrected chi connectivity index (χ0v) is 70.2. The van der Waals surface area contributed by atoms with Gasteiger partial charge < -0.3 is 71.4 Å². The van der Waals surface area contributed by atoms with Crippen molar-refractivity contribution in [2.75, 3.05) is 201 Å². The van der Waals surface area contributed by atoms with Crippen LogP contribution in [0.2, 0.25) is 17.4 Å². The molecule has 9 N–H and O–H groups in total. The minimum absolute atomic E-state index is 0. The molecule has 26 heteroatoms. The van der Waals surface area contributed by atoms with Crippen molar-refractivity contribution in [2.45, 2.75) is 91.4 Å². The van der Waals surface area contributed by atoms with Crippen molar-refractivity contribution in [3.05, 3.63) is 182 Å². The fraction of sp³-hybridized carbons (Fsp3) is 0.512. The molecule has 112 heavy (non-hydrogen) atoms. The molecule has 0 radical (unpaired) electrons. The van der Waals surface area contributed by atoms with Gasteiger partial charge in [0, 0.05) is 102 Å². The number of carbonyl (C=O) groups is 3. The Balaban J connectivity index is 0.00000140. The second-order valence-corrected chi connectivity index (χ2v) is 32.2. The number of esters is 2. The topological polar surface area (TPSA) is 301 Å². The van der Waals surface area contributed by atoms with E-state index in [0.717, 1.165) is 169 Å². The minimum Gasteiger partial charge on any atom is -0.465 e. The van der Waals surface area contributed by atoms with E-state index in [1.54, 1.807) is 12.1 Å². The van der Waals surface area contributed by atoms with Gasteiger partial charge in [-0.25, -0.2) is 9.59 Å². The standard InChI is InChI=1S/C27H35N5O.C22H25N3O2.C14H18BrN3.C8H9BO4.C6H14N2.3CH5N.3CH4.3CH3.Al/c1-29-11-3-13-31(17-15-29)21-22-5-10-26(25(19-22)20-28)23-6-8-24(9-7-23)27(33)32-14-4-12-30(2)16-18-32;1-24-10-3-11-25(13-12-24)16-17-4-9-21(20(14-17)15-23)18-5-7-19(8-6-18)22(26)27-2;1-17-5-2-6-18(8-7-17)11-12-3-4-14(15)13(9-12)10-16;1-13-8(10)6-2-4-7(5-3-6)9(11)12;1-8-5-2-3-7-4-6-8;3*1-2;;;;;;;/h5-10,19H,3-4,11-18,21H2,1-2H3;4-9,14H,3,10-13,16H2,1-2H3;3-4,9H,2,5-8,11H2,1H3;2-5,11-12H,1H3;7H,2-6H2,1H3;3*2H2,1H3;3*1H4;3*1H3;. The van der Waals surface area contributed by atoms with Gasteiger partial charge in [-0.2, -0.15) is 15.8 Å². The van der Waals surface area contributed by atoms with E-state index >= 15 is 0 Å². The lowest BCUT2D eigenvalue weighted by Crippen LogP contribution is -2.34. The summed E-state index contributed by atoms with van der Waals surface area (Å²) in [4.78, 5) is 56.6. The van der Waals surface area contributed by atoms with E-state index in [2.05, 4.69) is 177 Å². The highest BCUT2D eigenvalue weighted by atomic mass is 79.9. The number of nitriles is 3. The quantitative estimate of drug-likeness (QED) is 0.0490. The van der Waals surface area contributed by atoms with E-state index in [4.69, 9.17) is 20.0 Å². The monoisotopic (exact) mass is 1620 g/mol. The Bertz CT molecular complexity index is 3700. The van der Waals surface area contributed by atoms with Crippen LogP contribution in [0.4, 0.5) is 0 Å². The maximum absolute atomic E-state index is 13.0. The van der Waals surface area contributed by atoms with E-state index in [1.807, 2.05) is 71.6 Å². The number of hydrogen-bond donors (Lipinski definition) is 6. The molecule has 5 aliphatic rings. The summed E-state index contributed by atoms with van der Waals surface area (Å²) in [6.07, 6.45) is 5.88. The van der Waals surface area contributed by atoms with Crippen LogP contribution in [0.15, 0.2) is 132 Å². The first-order valence-electron chi connectivity index (χ1n) is 38.0. The summed E-state index contributed by atoms with van der Waals surface area (Å²) in [6, 6.07) is 46.0. The molecule has 0 unspecified atom stereocenters. The third-order valence-electron chi connectivity index (χ3n) is 18.5. The van der Waals surface area contributed by atoms with Crippen molar-refractivity contribution in [3.63, 3.8) is 0 Å². The van der Waals surface area contributed by atoms with E-state index in [1.165, 1.54) is 123 Å². The zero-order valence-electron chi connectivity index (χ0n) is 67.5. The van der Waals surface area contributed by atoms with Crippen molar-refractivity contribution >= 4 is 60.5 Å². The molecule has 6 aromatic carbocycles. The molecule has 0 saturated carbocycles. The third kappa shape index (κ3) is 39.2. The maximum atomic E-state index is 13.0. The van der Waals surface area contributed by atoms with Gasteiger partial charge in [0.1, 0.15) is 6.07 Å². The summed E-state index contributed by atoms with van der Waals surface area (Å²) in [7, 11) is 16.4. The Morgan fingerprint density at radius 1 is 0.438 bits per heavy atom. The zero-order chi connectivity index (χ0) is 80.6. The van der Waals surface area contributed by atoms with E-state index in [9.17, 15) is 24.9 Å². The molecule has 0 atom stereocenters. The van der Waals surface area contributed by atoms with Gasteiger partial charge in [-0.1, -0.05) is 89.0 Å². The third-order valence-corrected chi connectivity index (χ3v) is 19.2. The Morgan fingerprint density at radius 2 is 0.768 bits per heavy atom. The summed E-state index contributed by atoms with van der Waals surface area (Å²) >= 11 is 3.25. The van der Waals surface area contributed by atoms with Crippen molar-refractivity contribution in [1.82, 2.24) is 49.4 Å². The highest BCUT2D eigenvalue weighted by molar-refractivity contribution is 9.10. The first kappa shape index (κ1) is 105. The first-order chi connectivity index (χ1) is 52.6. The number of hydrogen-bond acceptors (Lipinski definition) is 22. The highest BCUT2D eigenvalue weighted by Gasteiger charge is 2.22. The van der Waals surface area contributed by atoms with Gasteiger partial charge in [-0.05, 0) is 268 Å². The number of nitrogens with one attached hydrogen (secondary N) is 1. The number of carbonyl (C=O) groups excluding carboxylic acids is 3. The fourth-order valence-electron chi connectivity index (χ4n) is 12.4. The van der Waals surface area contributed by atoms with Crippen LogP contribution >= 0.6 is 15.9 Å². The van der Waals surface area contributed by atoms with Gasteiger partial charge in [0.2, 0.25) is 0 Å². The molecule has 0 aliphatic carbocycles. The molecular weight excluding hydrogens is 1490 g/mol. The number of nitrogens with zero attached hydrogens (tertiary/aromatic N) is 12. The van der Waals surface area contributed by atoms with E-state index < -0.39 is 13.1 Å². The number of rotatable bonds is 12. The van der Waals surface area contributed by atoms with Crippen LogP contribution in [0.5, 0.6) is 0 Å². The number of ether oxygens (including phenoxy) is 2. The van der Waals surface area contributed by atoms with Gasteiger partial charge in [0.25, 0.3) is 20.1 Å². The molecule has 11 rings (SSSR count). The molecule has 1 amide bonds. The van der Waals surface area contributed by atoms with Crippen LogP contribution in [0.3, 0.4) is 0 Å². The SMILES string of the molecule is C.C.C.CN.CN.CN.CN1CCCN(Cc2ccc(-c3ccc(C(=O)N4CCCN(C)CC4)cc3)c(C#N)c2)CC1.CN1CCCN(Cc2ccc(Br)c(C#N)c2)CC1.CN1CCCNCC1.COC(=O)c1ccc(-c2ccc(CN3CCCN(C)CC3)cc2C#N)cc1.COC(=O)c1ccc(B(O)O)cc1.[CH3][Al]([CH3])[CH3]. The summed E-state index contributed by atoms with van der Waals surface area (Å²) in [6.45, 7) is 24.3. The highest BCUT2D eigenvalue weighted by Crippen LogP contribution is 2.28. The van der Waals surface area contributed by atoms with Crippen LogP contribution < -0.4 is 28.0 Å². The number of likely N-dealkylation sites (N-methyl/N-ethyl adjacent to an activating group) is 5. The Morgan fingerprint density at radius 3 is 1.14 bits per heavy atom. The molecule has 0 bridgehead atoms. The smallest absolute Gasteiger partial charge is 0.465 e. The van der Waals surface area contributed by atoms with Crippen LogP contribution in [-0.2, 0) is 29.1 Å². The molecule has 0 aromatic heterocycles. The number of amides is 1. The predicted molar refractivity (Wildman–Crippen MR) is 470 cm³/mol. The van der Waals surface area contributed by atoms with E-state index in [-0.39, 0.29) is 48.3 Å². The molecule has 0 spiro atoms. The van der Waals surface area contributed by atoms with Gasteiger partial charge in [-0.3, -0.25) is 19.5 Å². The van der Waals surface area contributed by atoms with Gasteiger partial charge in [0.05, 0.1) is 54.2 Å². The Labute approximate surface area is 687 Å². The lowest BCUT2D eigenvalue weighted by molar-refractivity contribution is 0.0592. The summed E-state index contributed by atoms with van der Waals surface area (Å²) < 4.78 is 10.1. The normalized spacial score (nSPS) is 15.6. The van der Waals surface area contributed by atoms with Crippen molar-refractivity contribution in [2.24, 2.45) is 17.2 Å². The molecule has 5 saturated heterocycles. The van der Waals surface area contributed by atoms with Gasteiger partial charge in [-0.15, -0.1) is 17.4 Å². The van der Waals surface area contributed by atoms with Gasteiger partial charge >= 0.3 is 19.1 Å². The van der Waals surface area contributed by atoms with Crippen molar-refractivity contribution in [3.8, 4) is 40.5 Å². The number of benzene rings is 6. The molecular formula is C86H137AlBBrN16O7. The number of halogens is 1. The number of methoxy groups -OCH3 is 2. The second-order valence-electron chi connectivity index (χ2n) is 27.9. The lowest BCUT2D eigenvalue weighted by Gasteiger charge is -2.21. The molecule has 5 fully saturated rings. The molecule has 616 valence electrons. The molecule has 6 aromatic rings. The Kier molecular flexibility index (Phi) is 56.4. The Hall–Kier alpha value is -7.28. The van der Waals surface area contributed by atoms with Crippen molar-refractivity contribution < 1.29 is 33.9 Å². The molecule has 23 nitrogen and oxygen atoms in total. The van der Waals surface area contributed by atoms with E-state index in [0.29, 0.717) is 33.3 Å². The second kappa shape index (κ2) is 60.3. The fourth-order valence-corrected chi connectivity index (χ4v) is 12.7. The van der Waals surface area contributed by atoms with Gasteiger partial charge in [0.15, 0.2) is 0 Å². The lowest BCUT2D eigenvalue weighted by atomic mass is 9.80. The van der Waals surface area contributed by atoms with Crippen LogP contribution in [0.25, 0.3) is 22.3 Å². The first-order valence-corrected chi connectivity index (χ1v) is 42.3. The average molecular weight is 1620 g/mol. The maximum Gasteiger partial charge on any atom is 0.488 e. The largest absolute Gasteiger partial charge is 0.488 e. The van der Waals surface area contributed by atoms with Crippen LogP contribution in [0.1, 0.15) is 119 Å². The minimum atomic E-state index is -1.51. The van der Waals surface area contributed by atoms with Crippen LogP contribution in [0, 0.1) is 34.0 Å².